The number of hydrogen-bond acceptors (Lipinski definition) is 1. The molecule has 1 aromatic rings. The largest absolute Gasteiger partial charge is 0.494 e. The first kappa shape index (κ1) is 15.9. The van der Waals surface area contributed by atoms with E-state index in [4.69, 9.17) is 4.74 Å². The molecule has 1 saturated heterocycles. The molecule has 0 radical (unpaired) electrons. The minimum atomic E-state index is 0.844. The summed E-state index contributed by atoms with van der Waals surface area (Å²) in [5.74, 6) is 2.04. The van der Waals surface area contributed by atoms with Gasteiger partial charge < -0.3 is 9.64 Å². The van der Waals surface area contributed by atoms with Gasteiger partial charge in [0.1, 0.15) is 12.3 Å². The van der Waals surface area contributed by atoms with Crippen molar-refractivity contribution < 1.29 is 9.64 Å². The van der Waals surface area contributed by atoms with E-state index in [0.29, 0.717) is 0 Å². The van der Waals surface area contributed by atoms with E-state index in [1.807, 2.05) is 4.90 Å². The van der Waals surface area contributed by atoms with E-state index in [9.17, 15) is 0 Å². The Kier molecular flexibility index (Phi) is 5.77. The third kappa shape index (κ3) is 4.04. The van der Waals surface area contributed by atoms with E-state index in [0.717, 1.165) is 30.7 Å². The predicted molar refractivity (Wildman–Crippen MR) is 91.4 cm³/mol. The van der Waals surface area contributed by atoms with E-state index < -0.39 is 0 Å². The van der Waals surface area contributed by atoms with Crippen LogP contribution in [-0.2, 0) is 6.54 Å². The quantitative estimate of drug-likeness (QED) is 0.793. The topological polar surface area (TPSA) is 13.7 Å². The molecule has 2 aliphatic rings. The summed E-state index contributed by atoms with van der Waals surface area (Å²) in [5, 5.41) is 0. The van der Waals surface area contributed by atoms with Gasteiger partial charge in [-0.05, 0) is 62.8 Å². The van der Waals surface area contributed by atoms with Gasteiger partial charge in [-0.2, -0.15) is 0 Å². The zero-order chi connectivity index (χ0) is 15.2. The Labute approximate surface area is 135 Å². The number of unbranched alkanes of at least 4 members (excludes halogenated alkanes) is 1. The van der Waals surface area contributed by atoms with Gasteiger partial charge in [0.2, 0.25) is 0 Å². The number of fused-ring (bicyclic) bond motifs is 1. The fourth-order valence-electron chi connectivity index (χ4n) is 4.39. The van der Waals surface area contributed by atoms with Crippen molar-refractivity contribution in [2.75, 3.05) is 13.2 Å². The monoisotopic (exact) mass is 302 g/mol. The molecular weight excluding hydrogens is 270 g/mol. The Morgan fingerprint density at radius 2 is 1.82 bits per heavy atom. The lowest BCUT2D eigenvalue weighted by Crippen LogP contribution is -3.16. The minimum Gasteiger partial charge on any atom is -0.494 e. The van der Waals surface area contributed by atoms with Crippen LogP contribution in [0, 0.1) is 5.92 Å². The lowest BCUT2D eigenvalue weighted by molar-refractivity contribution is -0.949. The molecule has 1 aliphatic heterocycles. The molecule has 0 bridgehead atoms. The van der Waals surface area contributed by atoms with Crippen LogP contribution in [0.25, 0.3) is 0 Å². The Hall–Kier alpha value is -1.02. The second-order valence-electron chi connectivity index (χ2n) is 7.22. The number of ether oxygens (including phenoxy) is 1. The molecule has 1 N–H and O–H groups in total. The maximum Gasteiger partial charge on any atom is 0.119 e. The Morgan fingerprint density at radius 1 is 1.05 bits per heavy atom. The number of benzene rings is 1. The molecule has 2 nitrogen and oxygen atoms in total. The molecule has 0 amide bonds. The lowest BCUT2D eigenvalue weighted by Gasteiger charge is -2.41. The van der Waals surface area contributed by atoms with Crippen LogP contribution in [-0.4, -0.2) is 19.2 Å². The van der Waals surface area contributed by atoms with Crippen LogP contribution in [0.5, 0.6) is 5.75 Å². The summed E-state index contributed by atoms with van der Waals surface area (Å²) in [5.41, 5.74) is 1.48. The maximum atomic E-state index is 5.77. The van der Waals surface area contributed by atoms with Gasteiger partial charge in [-0.1, -0.05) is 19.8 Å². The van der Waals surface area contributed by atoms with Crippen LogP contribution < -0.4 is 9.64 Å². The van der Waals surface area contributed by atoms with Gasteiger partial charge in [0.25, 0.3) is 0 Å². The van der Waals surface area contributed by atoms with E-state index in [1.54, 1.807) is 0 Å². The third-order valence-corrected chi connectivity index (χ3v) is 5.63. The SMILES string of the molecule is CCCCOc1ccc(C[NH+]2CCC[C@H]3CCCC[C@@H]32)cc1. The van der Waals surface area contributed by atoms with Crippen molar-refractivity contribution in [3.63, 3.8) is 0 Å². The number of quaternary nitrogens is 1. The first-order chi connectivity index (χ1) is 10.9. The molecule has 22 heavy (non-hydrogen) atoms. The number of rotatable bonds is 6. The van der Waals surface area contributed by atoms with Crippen LogP contribution in [0.1, 0.15) is 63.9 Å². The second-order valence-corrected chi connectivity index (χ2v) is 7.22. The summed E-state index contributed by atoms with van der Waals surface area (Å²) < 4.78 is 5.77. The highest BCUT2D eigenvalue weighted by atomic mass is 16.5. The van der Waals surface area contributed by atoms with Crippen LogP contribution in [0.3, 0.4) is 0 Å². The third-order valence-electron chi connectivity index (χ3n) is 5.63. The Morgan fingerprint density at radius 3 is 2.64 bits per heavy atom. The predicted octanol–water partition coefficient (Wildman–Crippen LogP) is 3.60. The van der Waals surface area contributed by atoms with E-state index in [-0.39, 0.29) is 0 Å². The van der Waals surface area contributed by atoms with Crippen molar-refractivity contribution in [3.8, 4) is 5.75 Å². The number of piperidine rings is 1. The van der Waals surface area contributed by atoms with E-state index in [2.05, 4.69) is 31.2 Å². The normalized spacial score (nSPS) is 28.1. The average Bonchev–Trinajstić information content (AvgIpc) is 2.57. The lowest BCUT2D eigenvalue weighted by atomic mass is 9.78. The molecule has 0 spiro atoms. The van der Waals surface area contributed by atoms with Crippen molar-refractivity contribution in [1.82, 2.24) is 0 Å². The fourth-order valence-corrected chi connectivity index (χ4v) is 4.39. The van der Waals surface area contributed by atoms with Crippen molar-refractivity contribution >= 4 is 0 Å². The Balaban J connectivity index is 1.55. The minimum absolute atomic E-state index is 0.844. The van der Waals surface area contributed by atoms with Gasteiger partial charge in [-0.3, -0.25) is 0 Å². The molecule has 2 heteroatoms. The summed E-state index contributed by atoms with van der Waals surface area (Å²) >= 11 is 0. The molecule has 3 rings (SSSR count). The Bertz CT molecular complexity index is 440. The van der Waals surface area contributed by atoms with Gasteiger partial charge in [0.15, 0.2) is 0 Å². The molecule has 1 heterocycles. The zero-order valence-corrected chi connectivity index (χ0v) is 14.2. The number of hydrogen-bond donors (Lipinski definition) is 1. The zero-order valence-electron chi connectivity index (χ0n) is 14.2. The first-order valence-electron chi connectivity index (χ1n) is 9.43. The number of likely N-dealkylation sites (tertiary alicyclic amines) is 1. The van der Waals surface area contributed by atoms with Crippen LogP contribution in [0.2, 0.25) is 0 Å². The van der Waals surface area contributed by atoms with E-state index >= 15 is 0 Å². The van der Waals surface area contributed by atoms with Gasteiger partial charge in [-0.15, -0.1) is 0 Å². The molecule has 1 unspecified atom stereocenters. The fraction of sp³-hybridized carbons (Fsp3) is 0.700. The van der Waals surface area contributed by atoms with Crippen LogP contribution in [0.15, 0.2) is 24.3 Å². The highest BCUT2D eigenvalue weighted by Crippen LogP contribution is 2.28. The molecular formula is C20H32NO+. The first-order valence-corrected chi connectivity index (χ1v) is 9.43. The molecule has 1 aromatic carbocycles. The van der Waals surface area contributed by atoms with Crippen LogP contribution >= 0.6 is 0 Å². The maximum absolute atomic E-state index is 5.77. The standard InChI is InChI=1S/C20H31NO/c1-2-3-15-22-19-12-10-17(11-13-19)16-21-14-6-8-18-7-4-5-9-20(18)21/h10-13,18,20H,2-9,14-16H2,1H3/p+1/t18-,20+/m1/s1. The van der Waals surface area contributed by atoms with Gasteiger partial charge in [0, 0.05) is 11.5 Å². The summed E-state index contributed by atoms with van der Waals surface area (Å²) in [7, 11) is 0. The second kappa shape index (κ2) is 8.01. The van der Waals surface area contributed by atoms with Crippen molar-refractivity contribution in [2.45, 2.75) is 70.9 Å². The van der Waals surface area contributed by atoms with Gasteiger partial charge in [-0.25, -0.2) is 0 Å². The molecule has 1 saturated carbocycles. The highest BCUT2D eigenvalue weighted by molar-refractivity contribution is 5.26. The van der Waals surface area contributed by atoms with Gasteiger partial charge >= 0.3 is 0 Å². The summed E-state index contributed by atoms with van der Waals surface area (Å²) in [6.45, 7) is 5.62. The number of nitrogens with one attached hydrogen (secondary N) is 1. The smallest absolute Gasteiger partial charge is 0.119 e. The molecule has 0 aromatic heterocycles. The highest BCUT2D eigenvalue weighted by Gasteiger charge is 2.36. The summed E-state index contributed by atoms with van der Waals surface area (Å²) in [6.07, 6.45) is 11.1. The molecule has 122 valence electrons. The van der Waals surface area contributed by atoms with Gasteiger partial charge in [0.05, 0.1) is 19.2 Å². The van der Waals surface area contributed by atoms with Crippen LogP contribution in [0.4, 0.5) is 0 Å². The molecule has 1 aliphatic carbocycles. The average molecular weight is 302 g/mol. The van der Waals surface area contributed by atoms with Crippen molar-refractivity contribution in [1.29, 1.82) is 0 Å². The van der Waals surface area contributed by atoms with Crippen molar-refractivity contribution in [2.24, 2.45) is 5.92 Å². The molecule has 3 atom stereocenters. The van der Waals surface area contributed by atoms with E-state index in [1.165, 1.54) is 63.6 Å². The molecule has 2 fully saturated rings. The summed E-state index contributed by atoms with van der Waals surface area (Å²) in [4.78, 5) is 1.84. The van der Waals surface area contributed by atoms with Crippen molar-refractivity contribution in [3.05, 3.63) is 29.8 Å². The summed E-state index contributed by atoms with van der Waals surface area (Å²) in [6, 6.07) is 9.81.